The molecule has 10 heavy (non-hydrogen) atoms. The minimum absolute atomic E-state index is 0.182. The van der Waals surface area contributed by atoms with Crippen LogP contribution in [-0.2, 0) is 4.79 Å². The highest BCUT2D eigenvalue weighted by molar-refractivity contribution is 7.99. The lowest BCUT2D eigenvalue weighted by Crippen LogP contribution is -2.09. The van der Waals surface area contributed by atoms with Crippen molar-refractivity contribution in [2.24, 2.45) is 5.73 Å². The summed E-state index contributed by atoms with van der Waals surface area (Å²) in [6, 6.07) is 0. The standard InChI is InChI=1S/C6H13NO2S/c1-5(4-6(8)9)10-3-2-7/h5H,2-4,7H2,1H3,(H,8,9)/t5-/m0/s1. The van der Waals surface area contributed by atoms with Crippen LogP contribution in [0.3, 0.4) is 0 Å². The molecule has 0 aromatic rings. The topological polar surface area (TPSA) is 63.3 Å². The van der Waals surface area contributed by atoms with Crippen LogP contribution in [0.2, 0.25) is 0 Å². The molecular formula is C6H13NO2S. The number of nitrogens with two attached hydrogens (primary N) is 1. The molecule has 0 aromatic carbocycles. The first-order valence-electron chi connectivity index (χ1n) is 3.20. The second kappa shape index (κ2) is 5.56. The van der Waals surface area contributed by atoms with Crippen LogP contribution in [0, 0.1) is 0 Å². The van der Waals surface area contributed by atoms with E-state index in [4.69, 9.17) is 10.8 Å². The van der Waals surface area contributed by atoms with Crippen molar-refractivity contribution >= 4 is 17.7 Å². The van der Waals surface area contributed by atoms with Crippen LogP contribution in [-0.4, -0.2) is 28.6 Å². The molecule has 0 aromatic heterocycles. The highest BCUT2D eigenvalue weighted by Crippen LogP contribution is 2.12. The Morgan fingerprint density at radius 3 is 2.80 bits per heavy atom. The Labute approximate surface area is 65.0 Å². The third-order valence-electron chi connectivity index (χ3n) is 0.982. The summed E-state index contributed by atoms with van der Waals surface area (Å²) in [5.74, 6) is 0.103. The maximum atomic E-state index is 10.1. The monoisotopic (exact) mass is 163 g/mol. The van der Waals surface area contributed by atoms with E-state index in [0.29, 0.717) is 6.54 Å². The molecule has 0 aliphatic heterocycles. The first kappa shape index (κ1) is 9.78. The highest BCUT2D eigenvalue weighted by Gasteiger charge is 2.06. The Kier molecular flexibility index (Phi) is 5.43. The van der Waals surface area contributed by atoms with Gasteiger partial charge in [-0.2, -0.15) is 11.8 Å². The van der Waals surface area contributed by atoms with Gasteiger partial charge in [0.05, 0.1) is 6.42 Å². The van der Waals surface area contributed by atoms with Gasteiger partial charge in [-0.25, -0.2) is 0 Å². The van der Waals surface area contributed by atoms with E-state index in [1.54, 1.807) is 11.8 Å². The summed E-state index contributed by atoms with van der Waals surface area (Å²) in [4.78, 5) is 10.1. The number of carboxylic acids is 1. The molecule has 1 atom stereocenters. The summed E-state index contributed by atoms with van der Waals surface area (Å²) in [6.07, 6.45) is 0.227. The van der Waals surface area contributed by atoms with Gasteiger partial charge in [0.15, 0.2) is 0 Å². The van der Waals surface area contributed by atoms with Gasteiger partial charge in [-0.05, 0) is 0 Å². The fourth-order valence-corrected chi connectivity index (χ4v) is 1.37. The fourth-order valence-electron chi connectivity index (χ4n) is 0.574. The van der Waals surface area contributed by atoms with Crippen molar-refractivity contribution in [1.82, 2.24) is 0 Å². The van der Waals surface area contributed by atoms with E-state index in [1.165, 1.54) is 0 Å². The molecule has 0 amide bonds. The lowest BCUT2D eigenvalue weighted by atomic mass is 10.3. The van der Waals surface area contributed by atoms with Crippen LogP contribution in [0.15, 0.2) is 0 Å². The molecule has 0 radical (unpaired) electrons. The third-order valence-corrected chi connectivity index (χ3v) is 2.19. The number of carbonyl (C=O) groups is 1. The summed E-state index contributed by atoms with van der Waals surface area (Å²) in [7, 11) is 0. The average molecular weight is 163 g/mol. The molecule has 0 aliphatic carbocycles. The van der Waals surface area contributed by atoms with Crippen LogP contribution in [0.5, 0.6) is 0 Å². The van der Waals surface area contributed by atoms with E-state index in [1.807, 2.05) is 6.92 Å². The van der Waals surface area contributed by atoms with E-state index < -0.39 is 5.97 Å². The van der Waals surface area contributed by atoms with E-state index in [2.05, 4.69) is 0 Å². The van der Waals surface area contributed by atoms with E-state index in [-0.39, 0.29) is 11.7 Å². The normalized spacial score (nSPS) is 13.0. The molecule has 4 heteroatoms. The van der Waals surface area contributed by atoms with Crippen molar-refractivity contribution < 1.29 is 9.90 Å². The molecule has 0 unspecified atom stereocenters. The predicted octanol–water partition coefficient (Wildman–Crippen LogP) is 0.542. The molecule has 60 valence electrons. The average Bonchev–Trinajstić information content (AvgIpc) is 1.82. The lowest BCUT2D eigenvalue weighted by molar-refractivity contribution is -0.136. The molecule has 0 heterocycles. The van der Waals surface area contributed by atoms with Gasteiger partial charge in [0, 0.05) is 17.5 Å². The summed E-state index contributed by atoms with van der Waals surface area (Å²) < 4.78 is 0. The van der Waals surface area contributed by atoms with Gasteiger partial charge in [0.2, 0.25) is 0 Å². The number of carboxylic acid groups (broad SMARTS) is 1. The summed E-state index contributed by atoms with van der Waals surface area (Å²) in [5, 5.41) is 8.52. The van der Waals surface area contributed by atoms with Crippen LogP contribution in [0.1, 0.15) is 13.3 Å². The first-order valence-corrected chi connectivity index (χ1v) is 4.25. The molecule has 0 bridgehead atoms. The molecule has 0 aliphatic rings. The zero-order valence-corrected chi connectivity index (χ0v) is 6.86. The first-order chi connectivity index (χ1) is 4.66. The number of thioether (sulfide) groups is 1. The second-order valence-corrected chi connectivity index (χ2v) is 3.61. The van der Waals surface area contributed by atoms with Crippen molar-refractivity contribution in [3.8, 4) is 0 Å². The lowest BCUT2D eigenvalue weighted by Gasteiger charge is -2.05. The maximum absolute atomic E-state index is 10.1. The van der Waals surface area contributed by atoms with E-state index in [0.717, 1.165) is 5.75 Å². The number of aliphatic carboxylic acids is 1. The fraction of sp³-hybridized carbons (Fsp3) is 0.833. The zero-order valence-electron chi connectivity index (χ0n) is 6.04. The van der Waals surface area contributed by atoms with Gasteiger partial charge in [-0.3, -0.25) is 4.79 Å². The SMILES string of the molecule is C[C@@H](CC(=O)O)SCCN. The molecule has 0 saturated heterocycles. The van der Waals surface area contributed by atoms with Crippen molar-refractivity contribution in [1.29, 1.82) is 0 Å². The molecule has 0 spiro atoms. The Morgan fingerprint density at radius 2 is 2.40 bits per heavy atom. The molecule has 0 rings (SSSR count). The van der Waals surface area contributed by atoms with Gasteiger partial charge in [0.1, 0.15) is 0 Å². The highest BCUT2D eigenvalue weighted by atomic mass is 32.2. The summed E-state index contributed by atoms with van der Waals surface area (Å²) in [5.41, 5.74) is 5.24. The molecule has 3 nitrogen and oxygen atoms in total. The molecule has 0 saturated carbocycles. The van der Waals surface area contributed by atoms with Gasteiger partial charge in [-0.15, -0.1) is 0 Å². The number of hydrogen-bond donors (Lipinski definition) is 2. The van der Waals surface area contributed by atoms with E-state index >= 15 is 0 Å². The van der Waals surface area contributed by atoms with Gasteiger partial charge in [-0.1, -0.05) is 6.92 Å². The Bertz CT molecular complexity index is 108. The van der Waals surface area contributed by atoms with Crippen LogP contribution in [0.25, 0.3) is 0 Å². The van der Waals surface area contributed by atoms with E-state index in [9.17, 15) is 4.79 Å². The largest absolute Gasteiger partial charge is 0.481 e. The maximum Gasteiger partial charge on any atom is 0.304 e. The third kappa shape index (κ3) is 5.91. The van der Waals surface area contributed by atoms with Crippen molar-refractivity contribution in [2.75, 3.05) is 12.3 Å². The molecular weight excluding hydrogens is 150 g/mol. The van der Waals surface area contributed by atoms with Gasteiger partial charge in [0.25, 0.3) is 0 Å². The Hall–Kier alpha value is -0.220. The minimum Gasteiger partial charge on any atom is -0.481 e. The van der Waals surface area contributed by atoms with Gasteiger partial charge < -0.3 is 10.8 Å². The molecule has 0 fully saturated rings. The van der Waals surface area contributed by atoms with Crippen molar-refractivity contribution in [3.63, 3.8) is 0 Å². The van der Waals surface area contributed by atoms with Crippen LogP contribution < -0.4 is 5.73 Å². The van der Waals surface area contributed by atoms with Gasteiger partial charge >= 0.3 is 5.97 Å². The molecule has 3 N–H and O–H groups in total. The quantitative estimate of drug-likeness (QED) is 0.621. The second-order valence-electron chi connectivity index (χ2n) is 2.07. The number of rotatable bonds is 5. The Balaban J connectivity index is 3.25. The number of hydrogen-bond acceptors (Lipinski definition) is 3. The van der Waals surface area contributed by atoms with Crippen molar-refractivity contribution in [3.05, 3.63) is 0 Å². The Morgan fingerprint density at radius 1 is 1.80 bits per heavy atom. The van der Waals surface area contributed by atoms with Crippen LogP contribution in [0.4, 0.5) is 0 Å². The summed E-state index contributed by atoms with van der Waals surface area (Å²) in [6.45, 7) is 2.52. The van der Waals surface area contributed by atoms with Crippen molar-refractivity contribution in [2.45, 2.75) is 18.6 Å². The zero-order chi connectivity index (χ0) is 7.98. The minimum atomic E-state index is -0.739. The predicted molar refractivity (Wildman–Crippen MR) is 43.2 cm³/mol. The smallest absolute Gasteiger partial charge is 0.304 e. The summed E-state index contributed by atoms with van der Waals surface area (Å²) >= 11 is 1.60. The van der Waals surface area contributed by atoms with Crippen LogP contribution >= 0.6 is 11.8 Å².